The van der Waals surface area contributed by atoms with Gasteiger partial charge in [-0.05, 0) is 24.3 Å². The zero-order valence-electron chi connectivity index (χ0n) is 13.1. The molecule has 4 aromatic rings. The average Bonchev–Trinajstić information content (AvgIpc) is 3.27. The zero-order chi connectivity index (χ0) is 16.5. The summed E-state index contributed by atoms with van der Waals surface area (Å²) >= 11 is 0. The van der Waals surface area contributed by atoms with E-state index in [4.69, 9.17) is 0 Å². The number of aliphatic hydroxyl groups excluding tert-OH is 1. The van der Waals surface area contributed by atoms with Crippen molar-refractivity contribution in [2.75, 3.05) is 0 Å². The molecule has 7 heteroatoms. The molecule has 0 aliphatic heterocycles. The third kappa shape index (κ3) is 2.44. The van der Waals surface area contributed by atoms with Gasteiger partial charge in [0, 0.05) is 30.7 Å². The van der Waals surface area contributed by atoms with E-state index in [1.54, 1.807) is 12.4 Å². The van der Waals surface area contributed by atoms with Crippen LogP contribution in [0.4, 0.5) is 0 Å². The molecule has 0 radical (unpaired) electrons. The quantitative estimate of drug-likeness (QED) is 0.602. The van der Waals surface area contributed by atoms with E-state index in [2.05, 4.69) is 24.9 Å². The number of nitrogens with one attached hydrogen (secondary N) is 1. The predicted molar refractivity (Wildman–Crippen MR) is 89.5 cm³/mol. The Morgan fingerprint density at radius 1 is 1.12 bits per heavy atom. The van der Waals surface area contributed by atoms with Crippen molar-refractivity contribution >= 4 is 11.0 Å². The summed E-state index contributed by atoms with van der Waals surface area (Å²) in [6, 6.07) is 7.73. The Hall–Kier alpha value is -3.06. The van der Waals surface area contributed by atoms with Crippen LogP contribution in [0.3, 0.4) is 0 Å². The summed E-state index contributed by atoms with van der Waals surface area (Å²) in [5, 5.41) is 9.21. The Balaban J connectivity index is 1.81. The second-order valence-electron chi connectivity index (χ2n) is 5.38. The maximum Gasteiger partial charge on any atom is 0.163 e. The molecule has 0 aliphatic rings. The molecule has 0 unspecified atom stereocenters. The summed E-state index contributed by atoms with van der Waals surface area (Å²) in [5.74, 6) is 2.10. The van der Waals surface area contributed by atoms with E-state index in [9.17, 15) is 5.11 Å². The number of hydrogen-bond acceptors (Lipinski definition) is 5. The minimum atomic E-state index is -0.110. The SMILES string of the molecule is CCc1nccc(-c2nccn2-c2ccc3nc(CO)[nH]c3c2)n1. The molecule has 0 atom stereocenters. The lowest BCUT2D eigenvalue weighted by Crippen LogP contribution is -2.00. The zero-order valence-corrected chi connectivity index (χ0v) is 13.1. The fraction of sp³-hybridized carbons (Fsp3) is 0.176. The highest BCUT2D eigenvalue weighted by atomic mass is 16.3. The Labute approximate surface area is 138 Å². The summed E-state index contributed by atoms with van der Waals surface area (Å²) in [4.78, 5) is 20.6. The lowest BCUT2D eigenvalue weighted by molar-refractivity contribution is 0.273. The fourth-order valence-electron chi connectivity index (χ4n) is 2.67. The number of fused-ring (bicyclic) bond motifs is 1. The number of aliphatic hydroxyl groups is 1. The highest BCUT2D eigenvalue weighted by Crippen LogP contribution is 2.22. The molecule has 0 saturated carbocycles. The van der Waals surface area contributed by atoms with Crippen LogP contribution in [-0.2, 0) is 13.0 Å². The van der Waals surface area contributed by atoms with Crippen LogP contribution in [-0.4, -0.2) is 34.6 Å². The standard InChI is InChI=1S/C17H16N6O/c1-2-15-18-6-5-13(21-15)17-19-7-8-23(17)11-3-4-12-14(9-11)22-16(10-24)20-12/h3-9,24H,2,10H2,1H3,(H,20,22). The molecule has 0 saturated heterocycles. The second kappa shape index (κ2) is 5.86. The summed E-state index contributed by atoms with van der Waals surface area (Å²) in [6.45, 7) is 1.91. The molecule has 2 N–H and O–H groups in total. The fourth-order valence-corrected chi connectivity index (χ4v) is 2.67. The number of imidazole rings is 2. The molecule has 0 amide bonds. The first-order valence-corrected chi connectivity index (χ1v) is 7.74. The van der Waals surface area contributed by atoms with E-state index in [-0.39, 0.29) is 6.61 Å². The summed E-state index contributed by atoms with van der Waals surface area (Å²) in [5.41, 5.74) is 3.42. The van der Waals surface area contributed by atoms with Gasteiger partial charge in [0.25, 0.3) is 0 Å². The molecule has 0 aliphatic carbocycles. The molecule has 4 rings (SSSR count). The van der Waals surface area contributed by atoms with Gasteiger partial charge >= 0.3 is 0 Å². The molecule has 3 aromatic heterocycles. The molecule has 3 heterocycles. The largest absolute Gasteiger partial charge is 0.388 e. The minimum Gasteiger partial charge on any atom is -0.388 e. The van der Waals surface area contributed by atoms with E-state index in [0.29, 0.717) is 5.82 Å². The maximum absolute atomic E-state index is 9.21. The molecule has 24 heavy (non-hydrogen) atoms. The first kappa shape index (κ1) is 14.5. The van der Waals surface area contributed by atoms with Gasteiger partial charge in [-0.15, -0.1) is 0 Å². The Morgan fingerprint density at radius 2 is 2.04 bits per heavy atom. The van der Waals surface area contributed by atoms with Gasteiger partial charge in [-0.25, -0.2) is 19.9 Å². The van der Waals surface area contributed by atoms with Gasteiger partial charge in [-0.1, -0.05) is 6.92 Å². The number of rotatable bonds is 4. The van der Waals surface area contributed by atoms with Crippen LogP contribution in [0, 0.1) is 0 Å². The van der Waals surface area contributed by atoms with Crippen LogP contribution in [0.1, 0.15) is 18.6 Å². The third-order valence-electron chi connectivity index (χ3n) is 3.83. The van der Waals surface area contributed by atoms with Crippen molar-refractivity contribution in [2.24, 2.45) is 0 Å². The second-order valence-corrected chi connectivity index (χ2v) is 5.38. The number of H-pyrrole nitrogens is 1. The average molecular weight is 320 g/mol. The molecule has 0 spiro atoms. The van der Waals surface area contributed by atoms with Gasteiger partial charge in [0.1, 0.15) is 23.9 Å². The van der Waals surface area contributed by atoms with E-state index in [1.807, 2.05) is 42.0 Å². The monoisotopic (exact) mass is 320 g/mol. The Kier molecular flexibility index (Phi) is 3.55. The van der Waals surface area contributed by atoms with E-state index in [1.165, 1.54) is 0 Å². The van der Waals surface area contributed by atoms with Gasteiger partial charge in [0.15, 0.2) is 5.82 Å². The van der Waals surface area contributed by atoms with E-state index in [0.717, 1.165) is 40.5 Å². The lowest BCUT2D eigenvalue weighted by atomic mass is 10.2. The summed E-state index contributed by atoms with van der Waals surface area (Å²) in [6.07, 6.45) is 6.18. The van der Waals surface area contributed by atoms with Crippen molar-refractivity contribution in [2.45, 2.75) is 20.0 Å². The van der Waals surface area contributed by atoms with Crippen LogP contribution in [0.5, 0.6) is 0 Å². The van der Waals surface area contributed by atoms with Crippen LogP contribution in [0.2, 0.25) is 0 Å². The first-order valence-electron chi connectivity index (χ1n) is 7.74. The molecule has 0 fully saturated rings. The maximum atomic E-state index is 9.21. The minimum absolute atomic E-state index is 0.110. The number of benzene rings is 1. The van der Waals surface area contributed by atoms with Crippen LogP contribution in [0.25, 0.3) is 28.2 Å². The first-order chi connectivity index (χ1) is 11.8. The number of nitrogens with zero attached hydrogens (tertiary/aromatic N) is 5. The summed E-state index contributed by atoms with van der Waals surface area (Å²) < 4.78 is 1.97. The molecule has 0 bridgehead atoms. The highest BCUT2D eigenvalue weighted by molar-refractivity contribution is 5.78. The molecule has 120 valence electrons. The highest BCUT2D eigenvalue weighted by Gasteiger charge is 2.11. The van der Waals surface area contributed by atoms with Crippen LogP contribution in [0.15, 0.2) is 42.9 Å². The smallest absolute Gasteiger partial charge is 0.163 e. The van der Waals surface area contributed by atoms with E-state index >= 15 is 0 Å². The molecule has 7 nitrogen and oxygen atoms in total. The topological polar surface area (TPSA) is 92.5 Å². The lowest BCUT2D eigenvalue weighted by Gasteiger charge is -2.08. The van der Waals surface area contributed by atoms with Crippen LogP contribution < -0.4 is 0 Å². The molecular formula is C17H16N6O. The molecule has 1 aromatic carbocycles. The van der Waals surface area contributed by atoms with Crippen molar-refractivity contribution in [3.8, 4) is 17.2 Å². The predicted octanol–water partition coefficient (Wildman–Crippen LogP) is 2.26. The normalized spacial score (nSPS) is 11.2. The van der Waals surface area contributed by atoms with Crippen molar-refractivity contribution in [3.05, 3.63) is 54.5 Å². The van der Waals surface area contributed by atoms with Gasteiger partial charge in [-0.2, -0.15) is 0 Å². The van der Waals surface area contributed by atoms with Crippen molar-refractivity contribution < 1.29 is 5.11 Å². The number of aryl methyl sites for hydroxylation is 1. The third-order valence-corrected chi connectivity index (χ3v) is 3.83. The van der Waals surface area contributed by atoms with Crippen LogP contribution >= 0.6 is 0 Å². The Bertz CT molecular complexity index is 1000. The van der Waals surface area contributed by atoms with Gasteiger partial charge in [-0.3, -0.25) is 4.57 Å². The van der Waals surface area contributed by atoms with Crippen molar-refractivity contribution in [1.29, 1.82) is 0 Å². The van der Waals surface area contributed by atoms with Gasteiger partial charge < -0.3 is 10.1 Å². The van der Waals surface area contributed by atoms with E-state index < -0.39 is 0 Å². The number of aromatic nitrogens is 6. The molecular weight excluding hydrogens is 304 g/mol. The summed E-state index contributed by atoms with van der Waals surface area (Å²) in [7, 11) is 0. The number of hydrogen-bond donors (Lipinski definition) is 2. The van der Waals surface area contributed by atoms with Gasteiger partial charge in [0.2, 0.25) is 0 Å². The van der Waals surface area contributed by atoms with Crippen molar-refractivity contribution in [1.82, 2.24) is 29.5 Å². The van der Waals surface area contributed by atoms with Gasteiger partial charge in [0.05, 0.1) is 11.0 Å². The number of aromatic amines is 1. The Morgan fingerprint density at radius 3 is 2.88 bits per heavy atom. The van der Waals surface area contributed by atoms with Crippen molar-refractivity contribution in [3.63, 3.8) is 0 Å².